The molecule has 2 aliphatic rings. The molecule has 2 atom stereocenters. The second kappa shape index (κ2) is 7.67. The average Bonchev–Trinajstić information content (AvgIpc) is 3.43. The van der Waals surface area contributed by atoms with Gasteiger partial charge in [-0.2, -0.15) is 0 Å². The largest absolute Gasteiger partial charge is 0.419 e. The molecular weight excluding hydrogens is 392 g/mol. The lowest BCUT2D eigenvalue weighted by molar-refractivity contribution is 0.0680. The van der Waals surface area contributed by atoms with Gasteiger partial charge in [0, 0.05) is 11.1 Å². The minimum absolute atomic E-state index is 0.00764. The van der Waals surface area contributed by atoms with Gasteiger partial charge in [0.2, 0.25) is 0 Å². The summed E-state index contributed by atoms with van der Waals surface area (Å²) in [6, 6.07) is 17.6. The van der Waals surface area contributed by atoms with E-state index in [-0.39, 0.29) is 23.7 Å². The van der Waals surface area contributed by atoms with E-state index in [0.29, 0.717) is 11.1 Å². The Kier molecular flexibility index (Phi) is 4.83. The number of hydrogen-bond acceptors (Lipinski definition) is 5. The molecule has 31 heavy (non-hydrogen) atoms. The Bertz CT molecular complexity index is 1080. The number of rotatable bonds is 4. The summed E-state index contributed by atoms with van der Waals surface area (Å²) in [4.78, 5) is 25.7. The molecule has 0 saturated carbocycles. The molecule has 0 radical (unpaired) electrons. The topological polar surface area (TPSA) is 61.8 Å². The van der Waals surface area contributed by atoms with Crippen molar-refractivity contribution in [2.75, 3.05) is 0 Å². The van der Waals surface area contributed by atoms with Crippen molar-refractivity contribution in [2.24, 2.45) is 0 Å². The lowest BCUT2D eigenvalue weighted by atomic mass is 9.85. The fourth-order valence-corrected chi connectivity index (χ4v) is 4.58. The molecule has 2 bridgehead atoms. The van der Waals surface area contributed by atoms with E-state index in [4.69, 9.17) is 14.2 Å². The minimum Gasteiger partial charge on any atom is -0.419 e. The van der Waals surface area contributed by atoms with E-state index < -0.39 is 11.9 Å². The van der Waals surface area contributed by atoms with Crippen molar-refractivity contribution in [3.8, 4) is 11.5 Å². The number of ether oxygens (including phenoxy) is 3. The van der Waals surface area contributed by atoms with Gasteiger partial charge in [-0.1, -0.05) is 36.4 Å². The van der Waals surface area contributed by atoms with Gasteiger partial charge in [0.15, 0.2) is 11.5 Å². The van der Waals surface area contributed by atoms with Crippen LogP contribution < -0.4 is 9.47 Å². The van der Waals surface area contributed by atoms with Crippen LogP contribution in [-0.2, 0) is 4.74 Å². The Labute approximate surface area is 180 Å². The van der Waals surface area contributed by atoms with Gasteiger partial charge in [-0.05, 0) is 62.1 Å². The number of hydrogen-bond donors (Lipinski definition) is 0. The van der Waals surface area contributed by atoms with E-state index in [2.05, 4.69) is 0 Å². The highest BCUT2D eigenvalue weighted by atomic mass is 16.6. The van der Waals surface area contributed by atoms with Crippen LogP contribution in [0.3, 0.4) is 0 Å². The normalized spacial score (nSPS) is 18.5. The van der Waals surface area contributed by atoms with Crippen LogP contribution in [0.25, 0.3) is 0 Å². The third-order valence-corrected chi connectivity index (χ3v) is 6.06. The molecule has 0 amide bonds. The van der Waals surface area contributed by atoms with E-state index in [1.165, 1.54) is 0 Å². The van der Waals surface area contributed by atoms with Crippen LogP contribution in [0.4, 0.5) is 0 Å². The van der Waals surface area contributed by atoms with Gasteiger partial charge < -0.3 is 14.2 Å². The molecule has 5 nitrogen and oxygen atoms in total. The molecule has 2 heterocycles. The molecule has 3 aromatic carbocycles. The zero-order valence-corrected chi connectivity index (χ0v) is 17.4. The van der Waals surface area contributed by atoms with E-state index in [0.717, 1.165) is 35.1 Å². The molecule has 0 aliphatic carbocycles. The van der Waals surface area contributed by atoms with Gasteiger partial charge in [0.05, 0.1) is 23.3 Å². The van der Waals surface area contributed by atoms with Gasteiger partial charge >= 0.3 is 11.9 Å². The fourth-order valence-electron chi connectivity index (χ4n) is 4.58. The van der Waals surface area contributed by atoms with Crippen LogP contribution in [0, 0.1) is 13.8 Å². The lowest BCUT2D eigenvalue weighted by Crippen LogP contribution is -2.16. The predicted octanol–water partition coefficient (Wildman–Crippen LogP) is 5.65. The highest BCUT2D eigenvalue weighted by Crippen LogP contribution is 2.57. The third-order valence-electron chi connectivity index (χ3n) is 6.06. The van der Waals surface area contributed by atoms with E-state index in [1.807, 2.05) is 26.0 Å². The van der Waals surface area contributed by atoms with Crippen molar-refractivity contribution in [2.45, 2.75) is 38.9 Å². The summed E-state index contributed by atoms with van der Waals surface area (Å²) >= 11 is 0. The van der Waals surface area contributed by atoms with Gasteiger partial charge in [0.25, 0.3) is 0 Å². The van der Waals surface area contributed by atoms with Crippen molar-refractivity contribution in [3.63, 3.8) is 0 Å². The molecule has 2 aliphatic heterocycles. The Morgan fingerprint density at radius 2 is 1.10 bits per heavy atom. The quantitative estimate of drug-likeness (QED) is 0.408. The fraction of sp³-hybridized carbons (Fsp3) is 0.231. The maximum Gasteiger partial charge on any atom is 0.343 e. The van der Waals surface area contributed by atoms with E-state index in [9.17, 15) is 9.59 Å². The molecule has 0 N–H and O–H groups in total. The van der Waals surface area contributed by atoms with E-state index >= 15 is 0 Å². The van der Waals surface area contributed by atoms with Crippen LogP contribution in [0.15, 0.2) is 60.7 Å². The van der Waals surface area contributed by atoms with Crippen LogP contribution >= 0.6 is 0 Å². The summed E-state index contributed by atoms with van der Waals surface area (Å²) < 4.78 is 17.8. The smallest absolute Gasteiger partial charge is 0.343 e. The molecule has 5 rings (SSSR count). The maximum absolute atomic E-state index is 12.9. The van der Waals surface area contributed by atoms with Crippen LogP contribution in [0.2, 0.25) is 0 Å². The monoisotopic (exact) mass is 414 g/mol. The van der Waals surface area contributed by atoms with Crippen molar-refractivity contribution in [1.29, 1.82) is 0 Å². The summed E-state index contributed by atoms with van der Waals surface area (Å²) in [6.07, 6.45) is 1.86. The maximum atomic E-state index is 12.9. The first-order valence-corrected chi connectivity index (χ1v) is 10.4. The summed E-state index contributed by atoms with van der Waals surface area (Å²) in [6.45, 7) is 3.80. The number of carbonyl (C=O) groups excluding carboxylic acids is 2. The molecular formula is C26H22O5. The number of benzene rings is 3. The van der Waals surface area contributed by atoms with Gasteiger partial charge in [-0.15, -0.1) is 0 Å². The Hall–Kier alpha value is -3.44. The standard InChI is InChI=1S/C26H22O5/c1-15-21-19-13-14-20(29-19)22(21)16(2)24(31-26(28)18-11-7-4-8-12-18)23(15)30-25(27)17-9-5-3-6-10-17/h3-12,19-20H,13-14H2,1-2H3. The van der Waals surface area contributed by atoms with Crippen LogP contribution in [0.1, 0.15) is 68.0 Å². The summed E-state index contributed by atoms with van der Waals surface area (Å²) in [5.74, 6) is -0.427. The molecule has 1 fully saturated rings. The van der Waals surface area contributed by atoms with Gasteiger partial charge in [0.1, 0.15) is 0 Å². The highest BCUT2D eigenvalue weighted by Gasteiger charge is 2.43. The van der Waals surface area contributed by atoms with Crippen molar-refractivity contribution < 1.29 is 23.8 Å². The molecule has 1 saturated heterocycles. The molecule has 0 spiro atoms. The second-order valence-electron chi connectivity index (χ2n) is 7.94. The Balaban J connectivity index is 1.60. The summed E-state index contributed by atoms with van der Waals surface area (Å²) in [7, 11) is 0. The molecule has 5 heteroatoms. The minimum atomic E-state index is -0.496. The summed E-state index contributed by atoms with van der Waals surface area (Å²) in [5.41, 5.74) is 4.55. The zero-order chi connectivity index (χ0) is 21.5. The Morgan fingerprint density at radius 1 is 0.710 bits per heavy atom. The Morgan fingerprint density at radius 3 is 1.48 bits per heavy atom. The number of fused-ring (bicyclic) bond motifs is 5. The van der Waals surface area contributed by atoms with E-state index in [1.54, 1.807) is 48.5 Å². The van der Waals surface area contributed by atoms with Gasteiger partial charge in [-0.25, -0.2) is 9.59 Å². The molecule has 0 aromatic heterocycles. The number of carbonyl (C=O) groups is 2. The first-order chi connectivity index (χ1) is 15.0. The molecule has 156 valence electrons. The predicted molar refractivity (Wildman–Crippen MR) is 115 cm³/mol. The van der Waals surface area contributed by atoms with Crippen LogP contribution in [0.5, 0.6) is 11.5 Å². The SMILES string of the molecule is Cc1c(OC(=O)c2ccccc2)c(OC(=O)c2ccccc2)c(C)c2c1C1CCC2O1. The molecule has 3 aromatic rings. The zero-order valence-electron chi connectivity index (χ0n) is 17.4. The number of esters is 2. The summed E-state index contributed by atoms with van der Waals surface area (Å²) in [5, 5.41) is 0. The van der Waals surface area contributed by atoms with Crippen molar-refractivity contribution >= 4 is 11.9 Å². The highest BCUT2D eigenvalue weighted by molar-refractivity contribution is 5.94. The van der Waals surface area contributed by atoms with Crippen molar-refractivity contribution in [3.05, 3.63) is 94.0 Å². The molecule has 2 unspecified atom stereocenters. The first-order valence-electron chi connectivity index (χ1n) is 10.4. The van der Waals surface area contributed by atoms with Gasteiger partial charge in [-0.3, -0.25) is 0 Å². The third kappa shape index (κ3) is 3.31. The average molecular weight is 414 g/mol. The first kappa shape index (κ1) is 19.5. The van der Waals surface area contributed by atoms with Crippen molar-refractivity contribution in [1.82, 2.24) is 0 Å². The second-order valence-corrected chi connectivity index (χ2v) is 7.94. The van der Waals surface area contributed by atoms with Crippen LogP contribution in [-0.4, -0.2) is 11.9 Å². The lowest BCUT2D eigenvalue weighted by Gasteiger charge is -2.23.